The second-order valence-corrected chi connectivity index (χ2v) is 8.59. The molecule has 8 nitrogen and oxygen atoms in total. The van der Waals surface area contributed by atoms with Gasteiger partial charge in [0.25, 0.3) is 5.91 Å². The molecule has 0 N–H and O–H groups in total. The SMILES string of the molecule is Cc1cc(CN(C)C(=O)c2cccn2C2CCN(C(=O)OC(C)(C)C)CC2)no1. The molecule has 0 aromatic carbocycles. The van der Waals surface area contributed by atoms with Crippen molar-refractivity contribution in [2.24, 2.45) is 0 Å². The van der Waals surface area contributed by atoms with E-state index in [1.807, 2.05) is 56.7 Å². The number of ether oxygens (including phenoxy) is 1. The van der Waals surface area contributed by atoms with Gasteiger partial charge in [0.1, 0.15) is 22.7 Å². The Bertz CT molecular complexity index is 856. The van der Waals surface area contributed by atoms with Crippen LogP contribution in [0, 0.1) is 6.92 Å². The lowest BCUT2D eigenvalue weighted by Gasteiger charge is -2.34. The average Bonchev–Trinajstić information content (AvgIpc) is 3.29. The minimum Gasteiger partial charge on any atom is -0.444 e. The van der Waals surface area contributed by atoms with Crippen molar-refractivity contribution in [3.05, 3.63) is 41.5 Å². The predicted octanol–water partition coefficient (Wildman–Crippen LogP) is 3.63. The first-order valence-corrected chi connectivity index (χ1v) is 9.96. The van der Waals surface area contributed by atoms with E-state index in [0.29, 0.717) is 25.3 Å². The number of rotatable bonds is 4. The summed E-state index contributed by atoms with van der Waals surface area (Å²) in [7, 11) is 1.76. The Morgan fingerprint density at radius 3 is 2.59 bits per heavy atom. The van der Waals surface area contributed by atoms with Gasteiger partial charge in [-0.3, -0.25) is 4.79 Å². The molecule has 1 aliphatic rings. The highest BCUT2D eigenvalue weighted by atomic mass is 16.6. The van der Waals surface area contributed by atoms with Gasteiger partial charge in [0.15, 0.2) is 0 Å². The van der Waals surface area contributed by atoms with Crippen LogP contribution in [0.1, 0.15) is 61.6 Å². The molecule has 2 amide bonds. The third-order valence-electron chi connectivity index (χ3n) is 4.93. The Morgan fingerprint density at radius 1 is 1.31 bits per heavy atom. The molecule has 3 heterocycles. The molecule has 2 aromatic heterocycles. The van der Waals surface area contributed by atoms with Crippen LogP contribution >= 0.6 is 0 Å². The smallest absolute Gasteiger partial charge is 0.410 e. The van der Waals surface area contributed by atoms with Crippen LogP contribution in [0.5, 0.6) is 0 Å². The van der Waals surface area contributed by atoms with Gasteiger partial charge < -0.3 is 23.6 Å². The minimum absolute atomic E-state index is 0.0646. The maximum Gasteiger partial charge on any atom is 0.410 e. The highest BCUT2D eigenvalue weighted by molar-refractivity contribution is 5.92. The molecule has 1 fully saturated rings. The third-order valence-corrected chi connectivity index (χ3v) is 4.93. The lowest BCUT2D eigenvalue weighted by Crippen LogP contribution is -2.42. The molecule has 8 heteroatoms. The van der Waals surface area contributed by atoms with Crippen LogP contribution in [0.3, 0.4) is 0 Å². The number of hydrogen-bond acceptors (Lipinski definition) is 5. The number of piperidine rings is 1. The van der Waals surface area contributed by atoms with E-state index < -0.39 is 5.60 Å². The predicted molar refractivity (Wildman–Crippen MR) is 108 cm³/mol. The number of aryl methyl sites for hydroxylation is 1. The number of hydrogen-bond donors (Lipinski definition) is 0. The zero-order chi connectivity index (χ0) is 21.2. The molecule has 1 saturated heterocycles. The summed E-state index contributed by atoms with van der Waals surface area (Å²) in [5.41, 5.74) is 0.867. The van der Waals surface area contributed by atoms with E-state index in [-0.39, 0.29) is 18.0 Å². The zero-order valence-electron chi connectivity index (χ0n) is 17.8. The van der Waals surface area contributed by atoms with Crippen molar-refractivity contribution in [3.63, 3.8) is 0 Å². The fraction of sp³-hybridized carbons (Fsp3) is 0.571. The molecule has 0 unspecified atom stereocenters. The summed E-state index contributed by atoms with van der Waals surface area (Å²) in [5.74, 6) is 0.659. The molecule has 0 radical (unpaired) electrons. The summed E-state index contributed by atoms with van der Waals surface area (Å²) in [6.45, 7) is 9.04. The second-order valence-electron chi connectivity index (χ2n) is 8.59. The third kappa shape index (κ3) is 5.19. The summed E-state index contributed by atoms with van der Waals surface area (Å²) in [6.07, 6.45) is 3.22. The lowest BCUT2D eigenvalue weighted by atomic mass is 10.0. The summed E-state index contributed by atoms with van der Waals surface area (Å²) >= 11 is 0. The van der Waals surface area contributed by atoms with Gasteiger partial charge in [-0.25, -0.2) is 4.79 Å². The van der Waals surface area contributed by atoms with Crippen LogP contribution in [-0.4, -0.2) is 57.3 Å². The minimum atomic E-state index is -0.499. The molecule has 3 rings (SSSR count). The van der Waals surface area contributed by atoms with Crippen molar-refractivity contribution in [3.8, 4) is 0 Å². The number of likely N-dealkylation sites (tertiary alicyclic amines) is 1. The molecule has 1 aliphatic heterocycles. The van der Waals surface area contributed by atoms with E-state index in [9.17, 15) is 9.59 Å². The van der Waals surface area contributed by atoms with Crippen LogP contribution in [-0.2, 0) is 11.3 Å². The Kier molecular flexibility index (Phi) is 6.00. The van der Waals surface area contributed by atoms with Crippen LogP contribution in [0.4, 0.5) is 4.79 Å². The van der Waals surface area contributed by atoms with Crippen LogP contribution in [0.2, 0.25) is 0 Å². The molecule has 158 valence electrons. The first kappa shape index (κ1) is 21.0. The maximum absolute atomic E-state index is 13.0. The van der Waals surface area contributed by atoms with Gasteiger partial charge in [-0.15, -0.1) is 0 Å². The van der Waals surface area contributed by atoms with E-state index in [1.165, 1.54) is 0 Å². The Hall–Kier alpha value is -2.77. The molecular formula is C21H30N4O4. The number of nitrogens with zero attached hydrogens (tertiary/aromatic N) is 4. The molecule has 0 bridgehead atoms. The number of carbonyl (C=O) groups excluding carboxylic acids is 2. The Balaban J connectivity index is 1.61. The quantitative estimate of drug-likeness (QED) is 0.780. The Labute approximate surface area is 171 Å². The topological polar surface area (TPSA) is 80.8 Å². The van der Waals surface area contributed by atoms with Gasteiger partial charge >= 0.3 is 6.09 Å². The monoisotopic (exact) mass is 402 g/mol. The zero-order valence-corrected chi connectivity index (χ0v) is 17.8. The van der Waals surface area contributed by atoms with E-state index in [0.717, 1.165) is 24.3 Å². The summed E-state index contributed by atoms with van der Waals surface area (Å²) in [5, 5.41) is 3.96. The van der Waals surface area contributed by atoms with E-state index in [2.05, 4.69) is 5.16 Å². The van der Waals surface area contributed by atoms with Crippen molar-refractivity contribution >= 4 is 12.0 Å². The summed E-state index contributed by atoms with van der Waals surface area (Å²) < 4.78 is 12.6. The van der Waals surface area contributed by atoms with Gasteiger partial charge in [0.05, 0.1) is 6.54 Å². The first-order chi connectivity index (χ1) is 13.6. The molecular weight excluding hydrogens is 372 g/mol. The molecule has 0 saturated carbocycles. The van der Waals surface area contributed by atoms with Gasteiger partial charge in [-0.05, 0) is 52.7 Å². The summed E-state index contributed by atoms with van der Waals surface area (Å²) in [4.78, 5) is 28.6. The van der Waals surface area contributed by atoms with E-state index in [4.69, 9.17) is 9.26 Å². The van der Waals surface area contributed by atoms with Crippen LogP contribution in [0.15, 0.2) is 28.9 Å². The molecule has 0 atom stereocenters. The van der Waals surface area contributed by atoms with Crippen molar-refractivity contribution in [1.29, 1.82) is 0 Å². The number of amides is 2. The standard InChI is InChI=1S/C21H30N4O4/c1-15-13-16(22-29-15)14-23(5)19(26)18-7-6-10-25(18)17-8-11-24(12-9-17)20(27)28-21(2,3)4/h6-7,10,13,17H,8-9,11-12,14H2,1-5H3. The number of carbonyl (C=O) groups is 2. The number of aromatic nitrogens is 2. The average molecular weight is 402 g/mol. The van der Waals surface area contributed by atoms with Crippen molar-refractivity contribution in [2.45, 2.75) is 58.7 Å². The highest BCUT2D eigenvalue weighted by Gasteiger charge is 2.29. The maximum atomic E-state index is 13.0. The fourth-order valence-electron chi connectivity index (χ4n) is 3.55. The van der Waals surface area contributed by atoms with Gasteiger partial charge in [0, 0.05) is 38.4 Å². The molecule has 29 heavy (non-hydrogen) atoms. The molecule has 0 aliphatic carbocycles. The lowest BCUT2D eigenvalue weighted by molar-refractivity contribution is 0.0186. The highest BCUT2D eigenvalue weighted by Crippen LogP contribution is 2.26. The second kappa shape index (κ2) is 8.31. The fourth-order valence-corrected chi connectivity index (χ4v) is 3.55. The van der Waals surface area contributed by atoms with Gasteiger partial charge in [-0.2, -0.15) is 0 Å². The van der Waals surface area contributed by atoms with E-state index in [1.54, 1.807) is 16.8 Å². The largest absolute Gasteiger partial charge is 0.444 e. The molecule has 2 aromatic rings. The van der Waals surface area contributed by atoms with Gasteiger partial charge in [-0.1, -0.05) is 5.16 Å². The molecule has 0 spiro atoms. The first-order valence-electron chi connectivity index (χ1n) is 9.96. The normalized spacial score (nSPS) is 15.4. The van der Waals surface area contributed by atoms with Crippen molar-refractivity contribution in [2.75, 3.05) is 20.1 Å². The van der Waals surface area contributed by atoms with Crippen molar-refractivity contribution in [1.82, 2.24) is 19.5 Å². The van der Waals surface area contributed by atoms with Gasteiger partial charge in [0.2, 0.25) is 0 Å². The van der Waals surface area contributed by atoms with E-state index >= 15 is 0 Å². The van der Waals surface area contributed by atoms with Crippen LogP contribution in [0.25, 0.3) is 0 Å². The van der Waals surface area contributed by atoms with Crippen LogP contribution < -0.4 is 0 Å². The Morgan fingerprint density at radius 2 is 2.00 bits per heavy atom. The summed E-state index contributed by atoms with van der Waals surface area (Å²) in [6, 6.07) is 5.73. The van der Waals surface area contributed by atoms with Crippen molar-refractivity contribution < 1.29 is 18.8 Å².